The summed E-state index contributed by atoms with van der Waals surface area (Å²) in [4.78, 5) is 1.20. The van der Waals surface area contributed by atoms with Gasteiger partial charge in [-0.1, -0.05) is 19.9 Å². The first kappa shape index (κ1) is 16.0. The number of thiophene rings is 1. The van der Waals surface area contributed by atoms with E-state index in [-0.39, 0.29) is 22.5 Å². The van der Waals surface area contributed by atoms with Crippen molar-refractivity contribution in [2.75, 3.05) is 11.6 Å². The van der Waals surface area contributed by atoms with Gasteiger partial charge in [-0.05, 0) is 35.6 Å². The van der Waals surface area contributed by atoms with Crippen molar-refractivity contribution < 1.29 is 12.8 Å². The molecule has 1 N–H and O–H groups in total. The molecule has 3 nitrogen and oxygen atoms in total. The molecule has 1 atom stereocenters. The van der Waals surface area contributed by atoms with Gasteiger partial charge in [-0.3, -0.25) is 0 Å². The van der Waals surface area contributed by atoms with Crippen molar-refractivity contribution in [3.8, 4) is 0 Å². The number of rotatable bonds is 5. The number of halogens is 1. The van der Waals surface area contributed by atoms with E-state index < -0.39 is 15.7 Å². The molecule has 0 aliphatic carbocycles. The topological polar surface area (TPSA) is 46.2 Å². The maximum Gasteiger partial charge on any atom is 0.175 e. The molecule has 114 valence electrons. The molecule has 0 saturated heterocycles. The Morgan fingerprint density at radius 2 is 1.95 bits per heavy atom. The summed E-state index contributed by atoms with van der Waals surface area (Å²) in [7, 11) is -3.36. The zero-order valence-corrected chi connectivity index (χ0v) is 13.8. The van der Waals surface area contributed by atoms with Gasteiger partial charge in [0.1, 0.15) is 5.82 Å². The van der Waals surface area contributed by atoms with Crippen LogP contribution >= 0.6 is 11.3 Å². The van der Waals surface area contributed by atoms with Crippen LogP contribution in [0.5, 0.6) is 0 Å². The normalized spacial score (nSPS) is 13.4. The maximum atomic E-state index is 14.0. The standard InChI is InChI=1S/C15H18FNO2S2/c1-10(2)15(14-5-4-8-20-14)17-13-9-11(21(3,18)19)6-7-12(13)16/h4-10,15,17H,1-3H3. The summed E-state index contributed by atoms with van der Waals surface area (Å²) >= 11 is 1.59. The fraction of sp³-hybridized carbons (Fsp3) is 0.333. The predicted molar refractivity (Wildman–Crippen MR) is 85.0 cm³/mol. The molecule has 2 rings (SSSR count). The zero-order valence-electron chi connectivity index (χ0n) is 12.1. The first-order chi connectivity index (χ1) is 9.79. The molecule has 2 aromatic rings. The first-order valence-electron chi connectivity index (χ1n) is 6.58. The van der Waals surface area contributed by atoms with Crippen LogP contribution < -0.4 is 5.32 Å². The summed E-state index contributed by atoms with van der Waals surface area (Å²) in [6, 6.07) is 7.69. The number of hydrogen-bond donors (Lipinski definition) is 1. The monoisotopic (exact) mass is 327 g/mol. The molecule has 6 heteroatoms. The molecule has 1 heterocycles. The third-order valence-electron chi connectivity index (χ3n) is 3.19. The van der Waals surface area contributed by atoms with Gasteiger partial charge in [0, 0.05) is 11.1 Å². The number of nitrogens with one attached hydrogen (secondary N) is 1. The molecule has 0 fully saturated rings. The smallest absolute Gasteiger partial charge is 0.175 e. The lowest BCUT2D eigenvalue weighted by Gasteiger charge is -2.23. The molecule has 0 amide bonds. The number of benzene rings is 1. The van der Waals surface area contributed by atoms with Crippen molar-refractivity contribution in [3.05, 3.63) is 46.4 Å². The summed E-state index contributed by atoms with van der Waals surface area (Å²) in [6.45, 7) is 4.07. The van der Waals surface area contributed by atoms with Crippen LogP contribution in [0.1, 0.15) is 24.8 Å². The van der Waals surface area contributed by atoms with Crippen LogP contribution in [-0.4, -0.2) is 14.7 Å². The minimum Gasteiger partial charge on any atom is -0.375 e. The van der Waals surface area contributed by atoms with Crippen molar-refractivity contribution in [2.45, 2.75) is 24.8 Å². The third-order valence-corrected chi connectivity index (χ3v) is 5.26. The lowest BCUT2D eigenvalue weighted by Crippen LogP contribution is -2.16. The minimum atomic E-state index is -3.36. The molecule has 0 aliphatic heterocycles. The highest BCUT2D eigenvalue weighted by Gasteiger charge is 2.19. The highest BCUT2D eigenvalue weighted by atomic mass is 32.2. The van der Waals surface area contributed by atoms with Gasteiger partial charge in [-0.15, -0.1) is 11.3 Å². The van der Waals surface area contributed by atoms with Gasteiger partial charge in [0.05, 0.1) is 16.6 Å². The van der Waals surface area contributed by atoms with Crippen molar-refractivity contribution in [1.82, 2.24) is 0 Å². The quantitative estimate of drug-likeness (QED) is 0.841. The van der Waals surface area contributed by atoms with E-state index in [1.165, 1.54) is 18.2 Å². The van der Waals surface area contributed by atoms with Gasteiger partial charge in [0.15, 0.2) is 9.84 Å². The molecule has 0 aliphatic rings. The summed E-state index contributed by atoms with van der Waals surface area (Å²) in [6.07, 6.45) is 1.11. The average molecular weight is 327 g/mol. The molecule has 1 aromatic heterocycles. The Hall–Kier alpha value is -1.40. The number of anilines is 1. The molecule has 1 unspecified atom stereocenters. The Morgan fingerprint density at radius 1 is 1.24 bits per heavy atom. The summed E-state index contributed by atoms with van der Waals surface area (Å²) < 4.78 is 37.2. The molecule has 0 saturated carbocycles. The third kappa shape index (κ3) is 3.83. The second-order valence-electron chi connectivity index (χ2n) is 5.30. The highest BCUT2D eigenvalue weighted by Crippen LogP contribution is 2.31. The van der Waals surface area contributed by atoms with Crippen LogP contribution in [0.2, 0.25) is 0 Å². The lowest BCUT2D eigenvalue weighted by atomic mass is 10.0. The number of hydrogen-bond acceptors (Lipinski definition) is 4. The molecular formula is C15H18FNO2S2. The first-order valence-corrected chi connectivity index (χ1v) is 9.35. The van der Waals surface area contributed by atoms with E-state index in [4.69, 9.17) is 0 Å². The van der Waals surface area contributed by atoms with Crippen LogP contribution in [0.15, 0.2) is 40.6 Å². The summed E-state index contributed by atoms with van der Waals surface area (Å²) in [5.41, 5.74) is 0.213. The summed E-state index contributed by atoms with van der Waals surface area (Å²) in [5, 5.41) is 5.10. The van der Waals surface area contributed by atoms with Gasteiger partial charge in [-0.2, -0.15) is 0 Å². The molecular weight excluding hydrogens is 309 g/mol. The predicted octanol–water partition coefficient (Wildman–Crippen LogP) is 4.10. The Morgan fingerprint density at radius 3 is 2.48 bits per heavy atom. The van der Waals surface area contributed by atoms with E-state index in [1.54, 1.807) is 11.3 Å². The molecule has 1 aromatic carbocycles. The highest BCUT2D eigenvalue weighted by molar-refractivity contribution is 7.90. The van der Waals surface area contributed by atoms with Crippen LogP contribution in [0.25, 0.3) is 0 Å². The average Bonchev–Trinajstić information content (AvgIpc) is 2.89. The molecule has 0 spiro atoms. The zero-order chi connectivity index (χ0) is 15.6. The Labute approximate surface area is 128 Å². The maximum absolute atomic E-state index is 14.0. The number of sulfone groups is 1. The molecule has 0 bridgehead atoms. The van der Waals surface area contributed by atoms with E-state index in [1.807, 2.05) is 31.4 Å². The van der Waals surface area contributed by atoms with E-state index in [2.05, 4.69) is 5.32 Å². The minimum absolute atomic E-state index is 0.0608. The van der Waals surface area contributed by atoms with Crippen LogP contribution in [0.4, 0.5) is 10.1 Å². The fourth-order valence-corrected chi connectivity index (χ4v) is 3.64. The van der Waals surface area contributed by atoms with E-state index >= 15 is 0 Å². The van der Waals surface area contributed by atoms with Gasteiger partial charge < -0.3 is 5.32 Å². The molecule has 0 radical (unpaired) electrons. The van der Waals surface area contributed by atoms with Crippen LogP contribution in [0.3, 0.4) is 0 Å². The van der Waals surface area contributed by atoms with Gasteiger partial charge in [0.2, 0.25) is 0 Å². The largest absolute Gasteiger partial charge is 0.375 e. The second kappa shape index (κ2) is 6.15. The van der Waals surface area contributed by atoms with Gasteiger partial charge >= 0.3 is 0 Å². The summed E-state index contributed by atoms with van der Waals surface area (Å²) in [5.74, 6) is -0.213. The van der Waals surface area contributed by atoms with Gasteiger partial charge in [0.25, 0.3) is 0 Å². The fourth-order valence-electron chi connectivity index (χ4n) is 2.05. The SMILES string of the molecule is CC(C)C(Nc1cc(S(C)(=O)=O)ccc1F)c1cccs1. The van der Waals surface area contributed by atoms with Gasteiger partial charge in [-0.25, -0.2) is 12.8 Å². The van der Waals surface area contributed by atoms with Crippen molar-refractivity contribution in [3.63, 3.8) is 0 Å². The lowest BCUT2D eigenvalue weighted by molar-refractivity contribution is 0.546. The second-order valence-corrected chi connectivity index (χ2v) is 8.29. The molecule has 21 heavy (non-hydrogen) atoms. The van der Waals surface area contributed by atoms with Crippen molar-refractivity contribution in [2.24, 2.45) is 5.92 Å². The van der Waals surface area contributed by atoms with E-state index in [0.717, 1.165) is 11.1 Å². The Bertz CT molecular complexity index is 709. The van der Waals surface area contributed by atoms with E-state index in [9.17, 15) is 12.8 Å². The Balaban J connectivity index is 2.37. The van der Waals surface area contributed by atoms with Crippen LogP contribution in [0, 0.1) is 11.7 Å². The van der Waals surface area contributed by atoms with Crippen molar-refractivity contribution in [1.29, 1.82) is 0 Å². The Kier molecular flexibility index (Phi) is 4.68. The van der Waals surface area contributed by atoms with E-state index in [0.29, 0.717) is 0 Å². The van der Waals surface area contributed by atoms with Crippen LogP contribution in [-0.2, 0) is 9.84 Å². The van der Waals surface area contributed by atoms with Crippen molar-refractivity contribution >= 4 is 26.9 Å².